The molecule has 302 valence electrons. The molecule has 5 rings (SSSR count). The van der Waals surface area contributed by atoms with Crippen molar-refractivity contribution in [1.29, 1.82) is 0 Å². The molecule has 15 heteroatoms. The van der Waals surface area contributed by atoms with Crippen LogP contribution in [0, 0.1) is 0 Å². The Bertz CT molecular complexity index is 2170. The highest BCUT2D eigenvalue weighted by molar-refractivity contribution is 5.96. The molecular formula is C42H52N8O7. The number of alkyl carbamates (subject to hydrolysis) is 1. The number of rotatable bonds is 18. The summed E-state index contributed by atoms with van der Waals surface area (Å²) in [4.78, 5) is 74.4. The van der Waals surface area contributed by atoms with Crippen molar-refractivity contribution in [2.45, 2.75) is 89.1 Å². The molecule has 15 nitrogen and oxygen atoms in total. The van der Waals surface area contributed by atoms with Crippen LogP contribution in [-0.4, -0.2) is 81.1 Å². The predicted molar refractivity (Wildman–Crippen MR) is 217 cm³/mol. The minimum atomic E-state index is -1.21. The Morgan fingerprint density at radius 3 is 1.70 bits per heavy atom. The van der Waals surface area contributed by atoms with Crippen molar-refractivity contribution in [3.63, 3.8) is 0 Å². The number of aromatic hydroxyl groups is 1. The molecule has 0 spiro atoms. The molecular weight excluding hydrogens is 729 g/mol. The number of fused-ring (bicyclic) bond motifs is 2. The average molecular weight is 781 g/mol. The number of carbonyl (C=O) groups is 5. The van der Waals surface area contributed by atoms with Crippen LogP contribution in [0.4, 0.5) is 4.79 Å². The Kier molecular flexibility index (Phi) is 13.9. The average Bonchev–Trinajstić information content (AvgIpc) is 3.77. The Balaban J connectivity index is 1.40. The molecule has 3 aromatic carbocycles. The van der Waals surface area contributed by atoms with Crippen LogP contribution in [-0.2, 0) is 43.2 Å². The van der Waals surface area contributed by atoms with Gasteiger partial charge < -0.3 is 52.5 Å². The van der Waals surface area contributed by atoms with Gasteiger partial charge in [-0.3, -0.25) is 19.2 Å². The van der Waals surface area contributed by atoms with Gasteiger partial charge in [-0.15, -0.1) is 0 Å². The molecule has 57 heavy (non-hydrogen) atoms. The third-order valence-electron chi connectivity index (χ3n) is 9.45. The number of H-pyrrole nitrogens is 2. The van der Waals surface area contributed by atoms with E-state index in [1.165, 1.54) is 12.1 Å². The van der Waals surface area contributed by atoms with Gasteiger partial charge in [-0.1, -0.05) is 48.5 Å². The number of amides is 5. The van der Waals surface area contributed by atoms with Crippen molar-refractivity contribution in [1.82, 2.24) is 31.2 Å². The number of aromatic nitrogens is 2. The number of hydrogen-bond acceptors (Lipinski definition) is 8. The number of aromatic amines is 2. The summed E-state index contributed by atoms with van der Waals surface area (Å²) in [5.74, 6) is -2.71. The molecule has 0 bridgehead atoms. The molecule has 5 amide bonds. The molecule has 4 atom stereocenters. The summed E-state index contributed by atoms with van der Waals surface area (Å²) in [5, 5.41) is 22.5. The molecule has 5 aromatic rings. The number of nitrogens with one attached hydrogen (secondary N) is 6. The zero-order valence-corrected chi connectivity index (χ0v) is 32.4. The number of carbonyl (C=O) groups excluding carboxylic acids is 5. The molecule has 0 unspecified atom stereocenters. The van der Waals surface area contributed by atoms with Crippen LogP contribution in [0.25, 0.3) is 21.8 Å². The lowest BCUT2D eigenvalue weighted by Gasteiger charge is -2.27. The van der Waals surface area contributed by atoms with Gasteiger partial charge in [0.25, 0.3) is 0 Å². The van der Waals surface area contributed by atoms with Gasteiger partial charge in [0.05, 0.1) is 0 Å². The van der Waals surface area contributed by atoms with Crippen LogP contribution < -0.4 is 32.7 Å². The first kappa shape index (κ1) is 41.8. The second-order valence-corrected chi connectivity index (χ2v) is 15.1. The summed E-state index contributed by atoms with van der Waals surface area (Å²) in [6.45, 7) is 5.42. The number of benzene rings is 3. The van der Waals surface area contributed by atoms with E-state index in [4.69, 9.17) is 16.2 Å². The molecule has 0 saturated carbocycles. The highest BCUT2D eigenvalue weighted by Gasteiger charge is 2.32. The first-order chi connectivity index (χ1) is 27.2. The minimum absolute atomic E-state index is 0.0129. The number of ether oxygens (including phenoxy) is 1. The van der Waals surface area contributed by atoms with Gasteiger partial charge in [0.15, 0.2) is 0 Å². The summed E-state index contributed by atoms with van der Waals surface area (Å²) < 4.78 is 5.42. The maximum atomic E-state index is 14.3. The third kappa shape index (κ3) is 11.8. The zero-order valence-electron chi connectivity index (χ0n) is 32.4. The maximum absolute atomic E-state index is 14.3. The van der Waals surface area contributed by atoms with Crippen molar-refractivity contribution in [3.8, 4) is 5.75 Å². The molecule has 0 saturated heterocycles. The second kappa shape index (κ2) is 19.0. The van der Waals surface area contributed by atoms with E-state index < -0.39 is 59.5 Å². The van der Waals surface area contributed by atoms with Gasteiger partial charge >= 0.3 is 6.09 Å². The van der Waals surface area contributed by atoms with Crippen molar-refractivity contribution in [2.75, 3.05) is 6.54 Å². The van der Waals surface area contributed by atoms with Crippen LogP contribution in [0.1, 0.15) is 56.7 Å². The Hall–Kier alpha value is -6.35. The largest absolute Gasteiger partial charge is 0.508 e. The standard InChI is InChI=1S/C42H52N8O7/c1-42(2,3)57-41(56)50-35(20-25-15-17-28(51)18-16-25)39(54)47-33(14-8-9-19-43)38(53)49-36(22-27-24-46-32-13-7-5-11-30(27)32)40(55)48-34(37(44)52)21-26-23-45-31-12-6-4-10-29(26)31/h4-7,10-13,15-18,23-24,33-36,45-46,51H,8-9,14,19-22,43H2,1-3H3,(H2,44,52)(H,47,54)(H,48,55)(H,49,53)(H,50,56)/t33-,34-,35-,36-/m0/s1. The van der Waals surface area contributed by atoms with E-state index in [1.54, 1.807) is 45.3 Å². The van der Waals surface area contributed by atoms with Crippen LogP contribution in [0.3, 0.4) is 0 Å². The van der Waals surface area contributed by atoms with Gasteiger partial charge in [0.1, 0.15) is 35.5 Å². The van der Waals surface area contributed by atoms with E-state index in [0.717, 1.165) is 32.9 Å². The van der Waals surface area contributed by atoms with Crippen LogP contribution in [0.2, 0.25) is 0 Å². The third-order valence-corrected chi connectivity index (χ3v) is 9.45. The summed E-state index contributed by atoms with van der Waals surface area (Å²) in [5.41, 5.74) is 14.6. The van der Waals surface area contributed by atoms with Crippen molar-refractivity contribution >= 4 is 51.5 Å². The maximum Gasteiger partial charge on any atom is 0.408 e. The van der Waals surface area contributed by atoms with E-state index in [1.807, 2.05) is 48.5 Å². The van der Waals surface area contributed by atoms with E-state index >= 15 is 0 Å². The number of phenolic OH excluding ortho intramolecular Hbond substituents is 1. The van der Waals surface area contributed by atoms with Crippen LogP contribution in [0.15, 0.2) is 85.2 Å². The van der Waals surface area contributed by atoms with Crippen molar-refractivity contribution in [3.05, 3.63) is 102 Å². The Morgan fingerprint density at radius 2 is 1.16 bits per heavy atom. The van der Waals surface area contributed by atoms with E-state index in [-0.39, 0.29) is 31.4 Å². The highest BCUT2D eigenvalue weighted by Crippen LogP contribution is 2.21. The van der Waals surface area contributed by atoms with Crippen LogP contribution in [0.5, 0.6) is 5.75 Å². The number of para-hydroxylation sites is 2. The van der Waals surface area contributed by atoms with Crippen molar-refractivity contribution < 1.29 is 33.8 Å². The molecule has 0 aliphatic heterocycles. The van der Waals surface area contributed by atoms with E-state index in [9.17, 15) is 29.1 Å². The molecule has 2 aromatic heterocycles. The first-order valence-electron chi connectivity index (χ1n) is 19.0. The van der Waals surface area contributed by atoms with E-state index in [2.05, 4.69) is 31.2 Å². The molecule has 0 radical (unpaired) electrons. The zero-order chi connectivity index (χ0) is 41.1. The number of unbranched alkanes of at least 4 members (excludes halogenated alkanes) is 1. The normalized spacial score (nSPS) is 13.6. The minimum Gasteiger partial charge on any atom is -0.508 e. The molecule has 0 aliphatic rings. The number of hydrogen-bond donors (Lipinski definition) is 9. The topological polar surface area (TPSA) is 247 Å². The molecule has 0 aliphatic carbocycles. The van der Waals surface area contributed by atoms with Crippen molar-refractivity contribution in [2.24, 2.45) is 11.5 Å². The van der Waals surface area contributed by atoms with Gasteiger partial charge in [-0.05, 0) is 87.5 Å². The van der Waals surface area contributed by atoms with Gasteiger partial charge in [0.2, 0.25) is 23.6 Å². The molecule has 2 heterocycles. The molecule has 11 N–H and O–H groups in total. The quantitative estimate of drug-likeness (QED) is 0.0596. The SMILES string of the molecule is CC(C)(C)OC(=O)N[C@@H](Cc1ccc(O)cc1)C(=O)N[C@@H](CCCCN)C(=O)N[C@@H](Cc1c[nH]c2ccccc12)C(=O)N[C@@H](Cc1c[nH]c2ccccc12)C(N)=O. The lowest BCUT2D eigenvalue weighted by Crippen LogP contribution is -2.59. The Morgan fingerprint density at radius 1 is 0.667 bits per heavy atom. The summed E-state index contributed by atoms with van der Waals surface area (Å²) in [6.07, 6.45) is 4.02. The fourth-order valence-corrected chi connectivity index (χ4v) is 6.58. The smallest absolute Gasteiger partial charge is 0.408 e. The number of primary amides is 1. The first-order valence-corrected chi connectivity index (χ1v) is 19.0. The summed E-state index contributed by atoms with van der Waals surface area (Å²) >= 11 is 0. The Labute approximate surface area is 330 Å². The monoisotopic (exact) mass is 780 g/mol. The van der Waals surface area contributed by atoms with Gasteiger partial charge in [-0.25, -0.2) is 4.79 Å². The van der Waals surface area contributed by atoms with E-state index in [0.29, 0.717) is 24.9 Å². The number of phenols is 1. The van der Waals surface area contributed by atoms with Gasteiger partial charge in [0, 0.05) is 53.5 Å². The lowest BCUT2D eigenvalue weighted by atomic mass is 10.0. The fraction of sp³-hybridized carbons (Fsp3) is 0.357. The lowest BCUT2D eigenvalue weighted by molar-refractivity contribution is -0.133. The van der Waals surface area contributed by atoms with Gasteiger partial charge in [-0.2, -0.15) is 0 Å². The summed E-state index contributed by atoms with van der Waals surface area (Å²) in [6, 6.07) is 16.6. The predicted octanol–water partition coefficient (Wildman–Crippen LogP) is 3.34. The summed E-state index contributed by atoms with van der Waals surface area (Å²) in [7, 11) is 0. The highest BCUT2D eigenvalue weighted by atomic mass is 16.6. The fourth-order valence-electron chi connectivity index (χ4n) is 6.58. The van der Waals surface area contributed by atoms with Crippen LogP contribution >= 0.6 is 0 Å². The number of nitrogens with two attached hydrogens (primary N) is 2. The second-order valence-electron chi connectivity index (χ2n) is 15.1. The molecule has 0 fully saturated rings.